The predicted molar refractivity (Wildman–Crippen MR) is 106 cm³/mol. The molecule has 26 heavy (non-hydrogen) atoms. The van der Waals surface area contributed by atoms with Crippen LogP contribution in [0.1, 0.15) is 58.8 Å². The molecule has 3 nitrogen and oxygen atoms in total. The van der Waals surface area contributed by atoms with Crippen molar-refractivity contribution in [3.05, 3.63) is 11.6 Å². The smallest absolute Gasteiger partial charge is 0.0617 e. The average molecular weight is 359 g/mol. The summed E-state index contributed by atoms with van der Waals surface area (Å²) in [6.45, 7) is 7.49. The molecule has 0 aromatic carbocycles. The molecule has 1 saturated heterocycles. The van der Waals surface area contributed by atoms with Crippen LogP contribution in [-0.4, -0.2) is 49.3 Å². The van der Waals surface area contributed by atoms with Gasteiger partial charge in [-0.05, 0) is 87.6 Å². The van der Waals surface area contributed by atoms with Crippen LogP contribution in [0, 0.1) is 34.0 Å². The largest absolute Gasteiger partial charge is 0.392 e. The molecule has 0 aromatic rings. The van der Waals surface area contributed by atoms with Crippen molar-refractivity contribution in [1.82, 2.24) is 10.2 Å². The van der Waals surface area contributed by atoms with Crippen LogP contribution in [0.5, 0.6) is 0 Å². The summed E-state index contributed by atoms with van der Waals surface area (Å²) in [5.41, 5.74) is 2.58. The molecule has 5 rings (SSSR count). The number of hydrogen-bond donors (Lipinski definition) is 2. The van der Waals surface area contributed by atoms with Gasteiger partial charge in [-0.15, -0.1) is 0 Å². The number of aliphatic hydroxyl groups excluding tert-OH is 1. The van der Waals surface area contributed by atoms with Crippen LogP contribution in [0.25, 0.3) is 0 Å². The fourth-order valence-corrected chi connectivity index (χ4v) is 8.92. The lowest BCUT2D eigenvalue weighted by Crippen LogP contribution is -2.62. The number of nitrogens with one attached hydrogen (secondary N) is 1. The summed E-state index contributed by atoms with van der Waals surface area (Å²) in [5.74, 6) is 2.09. The first-order valence-electron chi connectivity index (χ1n) is 11.1. The zero-order valence-electron chi connectivity index (χ0n) is 17.2. The van der Waals surface area contributed by atoms with E-state index in [-0.39, 0.29) is 11.5 Å². The van der Waals surface area contributed by atoms with Gasteiger partial charge in [0.15, 0.2) is 0 Å². The van der Waals surface area contributed by atoms with E-state index in [0.29, 0.717) is 28.7 Å². The van der Waals surface area contributed by atoms with E-state index in [0.717, 1.165) is 18.9 Å². The molecule has 2 N–H and O–H groups in total. The van der Waals surface area contributed by atoms with Crippen molar-refractivity contribution in [2.45, 2.75) is 70.9 Å². The van der Waals surface area contributed by atoms with Gasteiger partial charge in [-0.3, -0.25) is 0 Å². The summed E-state index contributed by atoms with van der Waals surface area (Å²) in [6.07, 6.45) is 11.3. The van der Waals surface area contributed by atoms with Crippen molar-refractivity contribution in [3.8, 4) is 0 Å². The van der Waals surface area contributed by atoms with Gasteiger partial charge in [0, 0.05) is 24.5 Å². The highest BCUT2D eigenvalue weighted by Crippen LogP contribution is 2.72. The summed E-state index contributed by atoms with van der Waals surface area (Å²) in [7, 11) is 4.38. The van der Waals surface area contributed by atoms with Crippen molar-refractivity contribution in [2.24, 2.45) is 34.0 Å². The van der Waals surface area contributed by atoms with Crippen molar-refractivity contribution in [1.29, 1.82) is 0 Å². The molecule has 5 aliphatic rings. The van der Waals surface area contributed by atoms with Gasteiger partial charge in [0.1, 0.15) is 0 Å². The Kier molecular flexibility index (Phi) is 3.80. The van der Waals surface area contributed by atoms with E-state index in [2.05, 4.69) is 44.2 Å². The number of likely N-dealkylation sites (tertiary alicyclic amines) is 1. The highest BCUT2D eigenvalue weighted by atomic mass is 16.3. The lowest BCUT2D eigenvalue weighted by Gasteiger charge is -2.64. The molecule has 146 valence electrons. The lowest BCUT2D eigenvalue weighted by molar-refractivity contribution is -0.166. The van der Waals surface area contributed by atoms with Gasteiger partial charge in [0.2, 0.25) is 0 Å². The van der Waals surface area contributed by atoms with Crippen LogP contribution in [0.15, 0.2) is 11.6 Å². The average Bonchev–Trinajstić information content (AvgIpc) is 3.12. The molecule has 4 fully saturated rings. The van der Waals surface area contributed by atoms with Crippen LogP contribution in [0.4, 0.5) is 0 Å². The molecular formula is C23H38N2O. The minimum Gasteiger partial charge on any atom is -0.392 e. The molecule has 0 unspecified atom stereocenters. The summed E-state index contributed by atoms with van der Waals surface area (Å²) in [4.78, 5) is 2.51. The zero-order valence-corrected chi connectivity index (χ0v) is 17.2. The molecule has 0 aromatic heterocycles. The Balaban J connectivity index is 1.56. The molecule has 0 bridgehead atoms. The molecule has 8 atom stereocenters. The number of nitrogens with zero attached hydrogens (tertiary/aromatic N) is 1. The van der Waals surface area contributed by atoms with E-state index in [1.165, 1.54) is 45.1 Å². The third-order valence-electron chi connectivity index (χ3n) is 10.1. The molecule has 4 aliphatic carbocycles. The van der Waals surface area contributed by atoms with E-state index in [1.54, 1.807) is 5.57 Å². The van der Waals surface area contributed by atoms with Crippen molar-refractivity contribution >= 4 is 0 Å². The second kappa shape index (κ2) is 5.58. The van der Waals surface area contributed by atoms with Gasteiger partial charge < -0.3 is 15.3 Å². The number of allylic oxidation sites excluding steroid dienone is 1. The maximum Gasteiger partial charge on any atom is 0.0617 e. The van der Waals surface area contributed by atoms with Gasteiger partial charge in [-0.1, -0.05) is 25.5 Å². The molecule has 1 aliphatic heterocycles. The second-order valence-electron chi connectivity index (χ2n) is 11.0. The standard InChI is InChI=1S/C23H38N2O/c1-21-10-8-17(24-3)11-15(21)7-9-22(2)18-6-5-16-13-25(4)14-23(16,18)20(26)12-19(21)22/h7,16-20,24,26H,5-6,8-14H2,1-4H3/t16-,17+,18+,19-,20-,21+,22+,23-/m1/s1. The van der Waals surface area contributed by atoms with Crippen molar-refractivity contribution in [2.75, 3.05) is 27.2 Å². The van der Waals surface area contributed by atoms with Gasteiger partial charge in [-0.25, -0.2) is 0 Å². The Morgan fingerprint density at radius 2 is 2.00 bits per heavy atom. The first-order valence-corrected chi connectivity index (χ1v) is 11.1. The van der Waals surface area contributed by atoms with E-state index < -0.39 is 0 Å². The second-order valence-corrected chi connectivity index (χ2v) is 11.0. The van der Waals surface area contributed by atoms with Crippen LogP contribution >= 0.6 is 0 Å². The third kappa shape index (κ3) is 2.01. The molecule has 1 heterocycles. The minimum absolute atomic E-state index is 0.0961. The highest BCUT2D eigenvalue weighted by molar-refractivity contribution is 5.30. The zero-order chi connectivity index (χ0) is 18.3. The molecule has 0 radical (unpaired) electrons. The molecule has 1 spiro atoms. The summed E-state index contributed by atoms with van der Waals surface area (Å²) in [5, 5.41) is 15.1. The van der Waals surface area contributed by atoms with Gasteiger partial charge in [0.05, 0.1) is 6.10 Å². The Labute approximate surface area is 159 Å². The van der Waals surface area contributed by atoms with E-state index in [9.17, 15) is 5.11 Å². The van der Waals surface area contributed by atoms with Crippen LogP contribution < -0.4 is 5.32 Å². The van der Waals surface area contributed by atoms with Gasteiger partial charge in [-0.2, -0.15) is 0 Å². The van der Waals surface area contributed by atoms with E-state index in [1.807, 2.05) is 0 Å². The maximum atomic E-state index is 11.6. The first kappa shape index (κ1) is 17.7. The van der Waals surface area contributed by atoms with Crippen LogP contribution in [0.3, 0.4) is 0 Å². The van der Waals surface area contributed by atoms with E-state index in [4.69, 9.17) is 0 Å². The number of hydrogen-bond acceptors (Lipinski definition) is 3. The number of fused-ring (bicyclic) bond motifs is 4. The fourth-order valence-electron chi connectivity index (χ4n) is 8.92. The van der Waals surface area contributed by atoms with Crippen molar-refractivity contribution in [3.63, 3.8) is 0 Å². The third-order valence-corrected chi connectivity index (χ3v) is 10.1. The maximum absolute atomic E-state index is 11.6. The number of rotatable bonds is 1. The summed E-state index contributed by atoms with van der Waals surface area (Å²) in [6, 6.07) is 0.651. The van der Waals surface area contributed by atoms with Gasteiger partial charge in [0.25, 0.3) is 0 Å². The van der Waals surface area contributed by atoms with Crippen LogP contribution in [0.2, 0.25) is 0 Å². The quantitative estimate of drug-likeness (QED) is 0.705. The SMILES string of the molecule is CN[C@H]1CC[C@@]2(C)C(=CC[C@@]3(C)[C@@H]4CC[C@@H]5CN(C)C[C@@]54[C@H](O)C[C@@H]32)C1. The first-order chi connectivity index (χ1) is 12.3. The highest BCUT2D eigenvalue weighted by Gasteiger charge is 2.69. The Morgan fingerprint density at radius 3 is 2.77 bits per heavy atom. The number of aliphatic hydroxyl groups is 1. The van der Waals surface area contributed by atoms with E-state index >= 15 is 0 Å². The van der Waals surface area contributed by atoms with Crippen molar-refractivity contribution < 1.29 is 5.11 Å². The molecule has 0 amide bonds. The predicted octanol–water partition coefficient (Wildman–Crippen LogP) is 3.44. The fraction of sp³-hybridized carbons (Fsp3) is 0.913. The summed E-state index contributed by atoms with van der Waals surface area (Å²) >= 11 is 0. The monoisotopic (exact) mass is 358 g/mol. The lowest BCUT2D eigenvalue weighted by atomic mass is 9.41. The topological polar surface area (TPSA) is 35.5 Å². The minimum atomic E-state index is -0.0961. The Morgan fingerprint density at radius 1 is 1.19 bits per heavy atom. The summed E-state index contributed by atoms with van der Waals surface area (Å²) < 4.78 is 0. The molecular weight excluding hydrogens is 320 g/mol. The molecule has 3 heteroatoms. The normalized spacial score (nSPS) is 56.3. The Hall–Kier alpha value is -0.380. The van der Waals surface area contributed by atoms with Crippen LogP contribution in [-0.2, 0) is 0 Å². The molecule has 3 saturated carbocycles. The Bertz CT molecular complexity index is 632. The van der Waals surface area contributed by atoms with Gasteiger partial charge >= 0.3 is 0 Å².